The molecule has 2 N–H and O–H groups in total. The number of nitrogens with one attached hydrogen (secondary N) is 1. The Morgan fingerprint density at radius 2 is 1.73 bits per heavy atom. The van der Waals surface area contributed by atoms with Crippen molar-refractivity contribution in [3.05, 3.63) is 65.2 Å². The van der Waals surface area contributed by atoms with Gasteiger partial charge in [-0.2, -0.15) is 17.6 Å². The molecule has 0 aliphatic rings. The summed E-state index contributed by atoms with van der Waals surface area (Å²) >= 11 is 0. The lowest BCUT2D eigenvalue weighted by Crippen LogP contribution is -2.44. The SMILES string of the molecule is CNC(CO)(c1cccc(C(F)(F)F)c1)c1ccnc(F)c1. The highest BCUT2D eigenvalue weighted by Crippen LogP contribution is 2.34. The smallest absolute Gasteiger partial charge is 0.394 e. The fraction of sp³-hybridized carbons (Fsp3) is 0.267. The van der Waals surface area contributed by atoms with Crippen molar-refractivity contribution in [2.45, 2.75) is 11.7 Å². The first-order valence-electron chi connectivity index (χ1n) is 6.43. The summed E-state index contributed by atoms with van der Waals surface area (Å²) in [6.07, 6.45) is -3.31. The summed E-state index contributed by atoms with van der Waals surface area (Å²) < 4.78 is 52.0. The van der Waals surface area contributed by atoms with Crippen molar-refractivity contribution in [2.24, 2.45) is 0 Å². The minimum atomic E-state index is -4.51. The fourth-order valence-corrected chi connectivity index (χ4v) is 2.35. The molecule has 7 heteroatoms. The molecule has 1 aromatic carbocycles. The lowest BCUT2D eigenvalue weighted by molar-refractivity contribution is -0.137. The monoisotopic (exact) mass is 314 g/mol. The third kappa shape index (κ3) is 2.95. The highest BCUT2D eigenvalue weighted by molar-refractivity contribution is 5.40. The number of benzene rings is 1. The quantitative estimate of drug-likeness (QED) is 0.674. The van der Waals surface area contributed by atoms with E-state index in [0.29, 0.717) is 0 Å². The van der Waals surface area contributed by atoms with Gasteiger partial charge in [0.15, 0.2) is 0 Å². The molecule has 0 saturated carbocycles. The van der Waals surface area contributed by atoms with Crippen molar-refractivity contribution >= 4 is 0 Å². The van der Waals surface area contributed by atoms with Crippen LogP contribution in [-0.4, -0.2) is 23.7 Å². The van der Waals surface area contributed by atoms with Crippen LogP contribution in [0, 0.1) is 5.95 Å². The number of pyridine rings is 1. The molecule has 2 aromatic rings. The van der Waals surface area contributed by atoms with Crippen LogP contribution in [0.4, 0.5) is 17.6 Å². The molecule has 0 saturated heterocycles. The zero-order valence-corrected chi connectivity index (χ0v) is 11.7. The van der Waals surface area contributed by atoms with E-state index in [0.717, 1.165) is 18.2 Å². The number of halogens is 4. The second-order valence-corrected chi connectivity index (χ2v) is 4.76. The molecule has 1 atom stereocenters. The highest BCUT2D eigenvalue weighted by Gasteiger charge is 2.36. The van der Waals surface area contributed by atoms with Crippen LogP contribution in [0.15, 0.2) is 42.6 Å². The summed E-state index contributed by atoms with van der Waals surface area (Å²) in [7, 11) is 1.48. The van der Waals surface area contributed by atoms with Crippen LogP contribution < -0.4 is 5.32 Å². The number of aromatic nitrogens is 1. The third-order valence-corrected chi connectivity index (χ3v) is 3.57. The topological polar surface area (TPSA) is 45.1 Å². The third-order valence-electron chi connectivity index (χ3n) is 3.57. The molecule has 22 heavy (non-hydrogen) atoms. The second kappa shape index (κ2) is 6.02. The Morgan fingerprint density at radius 1 is 1.09 bits per heavy atom. The Morgan fingerprint density at radius 3 is 2.27 bits per heavy atom. The van der Waals surface area contributed by atoms with E-state index in [9.17, 15) is 22.7 Å². The maximum Gasteiger partial charge on any atom is 0.416 e. The Hall–Kier alpha value is -1.99. The molecule has 1 aromatic heterocycles. The minimum absolute atomic E-state index is 0.179. The normalized spacial score (nSPS) is 14.6. The number of rotatable bonds is 4. The first-order chi connectivity index (χ1) is 10.3. The van der Waals surface area contributed by atoms with Gasteiger partial charge in [-0.1, -0.05) is 12.1 Å². The summed E-state index contributed by atoms with van der Waals surface area (Å²) in [6, 6.07) is 7.08. The molecular weight excluding hydrogens is 300 g/mol. The van der Waals surface area contributed by atoms with Crippen molar-refractivity contribution in [1.29, 1.82) is 0 Å². The number of hydrogen-bond acceptors (Lipinski definition) is 3. The molecule has 0 bridgehead atoms. The molecule has 1 heterocycles. The van der Waals surface area contributed by atoms with E-state index in [1.165, 1.54) is 31.4 Å². The van der Waals surface area contributed by atoms with Crippen LogP contribution in [0.1, 0.15) is 16.7 Å². The Bertz CT molecular complexity index is 654. The van der Waals surface area contributed by atoms with E-state index in [-0.39, 0.29) is 11.1 Å². The van der Waals surface area contributed by atoms with Crippen molar-refractivity contribution in [3.8, 4) is 0 Å². The van der Waals surface area contributed by atoms with Crippen molar-refractivity contribution in [2.75, 3.05) is 13.7 Å². The first-order valence-corrected chi connectivity index (χ1v) is 6.43. The van der Waals surface area contributed by atoms with Gasteiger partial charge in [0.2, 0.25) is 5.95 Å². The standard InChI is InChI=1S/C15H14F4N2O/c1-20-14(9-22,11-5-6-21-13(16)8-11)10-3-2-4-12(7-10)15(17,18)19/h2-8,20,22H,9H2,1H3. The second-order valence-electron chi connectivity index (χ2n) is 4.76. The zero-order valence-electron chi connectivity index (χ0n) is 11.7. The molecule has 0 aliphatic carbocycles. The van der Waals surface area contributed by atoms with Gasteiger partial charge in [0.25, 0.3) is 0 Å². The van der Waals surface area contributed by atoms with Gasteiger partial charge < -0.3 is 10.4 Å². The largest absolute Gasteiger partial charge is 0.416 e. The van der Waals surface area contributed by atoms with E-state index in [1.54, 1.807) is 0 Å². The summed E-state index contributed by atoms with van der Waals surface area (Å²) in [5.74, 6) is -0.780. The number of aliphatic hydroxyl groups excluding tert-OH is 1. The molecule has 0 fully saturated rings. The van der Waals surface area contributed by atoms with Crippen LogP contribution in [0.25, 0.3) is 0 Å². The Labute approximate surface area is 124 Å². The van der Waals surface area contributed by atoms with Crippen LogP contribution in [0.5, 0.6) is 0 Å². The average molecular weight is 314 g/mol. The molecule has 1 unspecified atom stereocenters. The van der Waals surface area contributed by atoms with Gasteiger partial charge in [-0.05, 0) is 42.4 Å². The number of aliphatic hydroxyl groups is 1. The Kier molecular flexibility index (Phi) is 4.48. The number of likely N-dealkylation sites (N-methyl/N-ethyl adjacent to an activating group) is 1. The van der Waals surface area contributed by atoms with Crippen molar-refractivity contribution in [1.82, 2.24) is 10.3 Å². The van der Waals surface area contributed by atoms with Gasteiger partial charge >= 0.3 is 6.18 Å². The molecular formula is C15H14F4N2O. The van der Waals surface area contributed by atoms with Gasteiger partial charge in [-0.15, -0.1) is 0 Å². The summed E-state index contributed by atoms with van der Waals surface area (Å²) in [5.41, 5.74) is -1.74. The fourth-order valence-electron chi connectivity index (χ4n) is 2.35. The molecule has 0 amide bonds. The number of hydrogen-bond donors (Lipinski definition) is 2. The summed E-state index contributed by atoms with van der Waals surface area (Å²) in [6.45, 7) is -0.547. The molecule has 0 spiro atoms. The van der Waals surface area contributed by atoms with Gasteiger partial charge in [-0.25, -0.2) is 4.98 Å². The minimum Gasteiger partial charge on any atom is -0.394 e. The van der Waals surface area contributed by atoms with Gasteiger partial charge in [-0.3, -0.25) is 0 Å². The van der Waals surface area contributed by atoms with E-state index in [1.807, 2.05) is 0 Å². The van der Waals surface area contributed by atoms with Crippen LogP contribution in [0.3, 0.4) is 0 Å². The highest BCUT2D eigenvalue weighted by atomic mass is 19.4. The summed E-state index contributed by atoms with van der Waals surface area (Å²) in [4.78, 5) is 3.42. The van der Waals surface area contributed by atoms with E-state index in [4.69, 9.17) is 0 Å². The van der Waals surface area contributed by atoms with Crippen LogP contribution in [0.2, 0.25) is 0 Å². The van der Waals surface area contributed by atoms with E-state index in [2.05, 4.69) is 10.3 Å². The van der Waals surface area contributed by atoms with Gasteiger partial charge in [0, 0.05) is 6.20 Å². The number of nitrogens with zero attached hydrogens (tertiary/aromatic N) is 1. The molecule has 118 valence electrons. The predicted molar refractivity (Wildman–Crippen MR) is 72.6 cm³/mol. The van der Waals surface area contributed by atoms with Crippen molar-refractivity contribution in [3.63, 3.8) is 0 Å². The van der Waals surface area contributed by atoms with Crippen molar-refractivity contribution < 1.29 is 22.7 Å². The molecule has 3 nitrogen and oxygen atoms in total. The van der Waals surface area contributed by atoms with Gasteiger partial charge in [0.1, 0.15) is 0 Å². The molecule has 0 aliphatic heterocycles. The maximum absolute atomic E-state index is 13.4. The lowest BCUT2D eigenvalue weighted by atomic mass is 9.83. The summed E-state index contributed by atoms with van der Waals surface area (Å²) in [5, 5.41) is 12.6. The van der Waals surface area contributed by atoms with Crippen LogP contribution in [-0.2, 0) is 11.7 Å². The zero-order chi connectivity index (χ0) is 16.4. The molecule has 0 radical (unpaired) electrons. The lowest BCUT2D eigenvalue weighted by Gasteiger charge is -2.33. The average Bonchev–Trinajstić information content (AvgIpc) is 2.49. The molecule has 2 rings (SSSR count). The van der Waals surface area contributed by atoms with Crippen LogP contribution >= 0.6 is 0 Å². The predicted octanol–water partition coefficient (Wildman–Crippen LogP) is 2.69. The van der Waals surface area contributed by atoms with E-state index < -0.39 is 29.8 Å². The first kappa shape index (κ1) is 16.4. The number of alkyl halides is 3. The Balaban J connectivity index is 2.62. The van der Waals surface area contributed by atoms with E-state index >= 15 is 0 Å². The van der Waals surface area contributed by atoms with Gasteiger partial charge in [0.05, 0.1) is 17.7 Å². The maximum atomic E-state index is 13.4.